The number of carbonyl (C=O) groups excluding carboxylic acids is 1. The third-order valence-electron chi connectivity index (χ3n) is 6.40. The van der Waals surface area contributed by atoms with Gasteiger partial charge >= 0.3 is 0 Å². The molecule has 0 aliphatic carbocycles. The van der Waals surface area contributed by atoms with Crippen molar-refractivity contribution >= 4 is 27.6 Å². The number of halogens is 1. The van der Waals surface area contributed by atoms with E-state index in [0.29, 0.717) is 19.8 Å². The minimum absolute atomic E-state index is 0.0714. The second-order valence-electron chi connectivity index (χ2n) is 8.28. The number of hydrogen-bond donors (Lipinski definition) is 1. The number of ether oxygens (including phenoxy) is 1. The molecule has 5 rings (SSSR count). The molecule has 1 N–H and O–H groups in total. The van der Waals surface area contributed by atoms with Crippen molar-refractivity contribution in [2.75, 3.05) is 19.8 Å². The maximum atomic E-state index is 13.9. The minimum Gasteiger partial charge on any atom is -0.464 e. The van der Waals surface area contributed by atoms with Crippen LogP contribution in [-0.2, 0) is 21.4 Å². The molecular formula is C26H24FNO3. The molecule has 0 atom stereocenters. The number of rotatable bonds is 5. The number of hydrogen-bond acceptors (Lipinski definition) is 3. The molecule has 1 saturated heterocycles. The van der Waals surface area contributed by atoms with E-state index < -0.39 is 0 Å². The van der Waals surface area contributed by atoms with Gasteiger partial charge in [0.2, 0.25) is 5.91 Å². The van der Waals surface area contributed by atoms with Crippen LogP contribution in [0.1, 0.15) is 24.0 Å². The van der Waals surface area contributed by atoms with Crippen LogP contribution in [0.15, 0.2) is 71.3 Å². The van der Waals surface area contributed by atoms with Crippen molar-refractivity contribution in [3.05, 3.63) is 83.9 Å². The molecule has 0 saturated carbocycles. The van der Waals surface area contributed by atoms with E-state index in [1.807, 2.05) is 30.3 Å². The summed E-state index contributed by atoms with van der Waals surface area (Å²) in [6.07, 6.45) is 3.40. The SMILES string of the molecule is O=C(Cc1coc2ccc3ccccc3c12)NCC1(c2cccc(F)c2)CCOCC1. The van der Waals surface area contributed by atoms with Crippen LogP contribution in [-0.4, -0.2) is 25.7 Å². The standard InChI is InChI=1S/C26H24FNO3/c27-21-6-3-5-20(15-21)26(10-12-30-13-11-26)17-28-24(29)14-19-16-31-23-9-8-18-4-1-2-7-22(18)25(19)23/h1-9,15-16H,10-14,17H2,(H,28,29). The molecule has 5 heteroatoms. The second-order valence-corrected chi connectivity index (χ2v) is 8.28. The van der Waals surface area contributed by atoms with E-state index in [9.17, 15) is 9.18 Å². The molecule has 1 amide bonds. The maximum Gasteiger partial charge on any atom is 0.224 e. The Hall–Kier alpha value is -3.18. The molecule has 2 heterocycles. The summed E-state index contributed by atoms with van der Waals surface area (Å²) >= 11 is 0. The van der Waals surface area contributed by atoms with Crippen LogP contribution >= 0.6 is 0 Å². The highest BCUT2D eigenvalue weighted by Gasteiger charge is 2.35. The number of nitrogens with one attached hydrogen (secondary N) is 1. The molecule has 0 spiro atoms. The third kappa shape index (κ3) is 3.81. The van der Waals surface area contributed by atoms with Gasteiger partial charge < -0.3 is 14.5 Å². The fourth-order valence-corrected chi connectivity index (χ4v) is 4.66. The Morgan fingerprint density at radius 1 is 1.03 bits per heavy atom. The van der Waals surface area contributed by atoms with E-state index in [-0.39, 0.29) is 23.6 Å². The number of benzene rings is 3. The lowest BCUT2D eigenvalue weighted by Gasteiger charge is -2.38. The Morgan fingerprint density at radius 2 is 1.87 bits per heavy atom. The molecule has 0 radical (unpaired) electrons. The van der Waals surface area contributed by atoms with Gasteiger partial charge in [-0.2, -0.15) is 0 Å². The molecular weight excluding hydrogens is 393 g/mol. The van der Waals surface area contributed by atoms with Crippen LogP contribution in [0, 0.1) is 5.82 Å². The zero-order valence-corrected chi connectivity index (χ0v) is 17.2. The summed E-state index contributed by atoms with van der Waals surface area (Å²) in [6, 6.07) is 18.8. The highest BCUT2D eigenvalue weighted by Crippen LogP contribution is 2.35. The van der Waals surface area contributed by atoms with E-state index in [1.54, 1.807) is 18.4 Å². The smallest absolute Gasteiger partial charge is 0.224 e. The predicted molar refractivity (Wildman–Crippen MR) is 119 cm³/mol. The van der Waals surface area contributed by atoms with Crippen molar-refractivity contribution in [3.8, 4) is 0 Å². The van der Waals surface area contributed by atoms with E-state index in [0.717, 1.165) is 45.7 Å². The summed E-state index contributed by atoms with van der Waals surface area (Å²) in [5.74, 6) is -0.329. The first-order valence-corrected chi connectivity index (χ1v) is 10.6. The van der Waals surface area contributed by atoms with Crippen LogP contribution in [0.2, 0.25) is 0 Å². The highest BCUT2D eigenvalue weighted by molar-refractivity contribution is 6.08. The minimum atomic E-state index is -0.318. The van der Waals surface area contributed by atoms with Crippen LogP contribution in [0.5, 0.6) is 0 Å². The molecule has 1 aliphatic heterocycles. The summed E-state index contributed by atoms with van der Waals surface area (Å²) in [7, 11) is 0. The molecule has 0 bridgehead atoms. The van der Waals surface area contributed by atoms with Gasteiger partial charge in [0.05, 0.1) is 12.7 Å². The van der Waals surface area contributed by atoms with E-state index in [1.165, 1.54) is 6.07 Å². The Labute approximate surface area is 180 Å². The van der Waals surface area contributed by atoms with Gasteiger partial charge in [-0.15, -0.1) is 0 Å². The largest absolute Gasteiger partial charge is 0.464 e. The number of furan rings is 1. The van der Waals surface area contributed by atoms with Crippen LogP contribution in [0.3, 0.4) is 0 Å². The second kappa shape index (κ2) is 8.16. The molecule has 4 aromatic rings. The van der Waals surface area contributed by atoms with Crippen molar-refractivity contribution in [2.24, 2.45) is 0 Å². The molecule has 1 fully saturated rings. The van der Waals surface area contributed by atoms with Crippen molar-refractivity contribution in [3.63, 3.8) is 0 Å². The first-order valence-electron chi connectivity index (χ1n) is 10.6. The molecule has 4 nitrogen and oxygen atoms in total. The lowest BCUT2D eigenvalue weighted by molar-refractivity contribution is -0.120. The maximum absolute atomic E-state index is 13.9. The van der Waals surface area contributed by atoms with Crippen molar-refractivity contribution in [1.82, 2.24) is 5.32 Å². The quantitative estimate of drug-likeness (QED) is 0.490. The summed E-state index contributed by atoms with van der Waals surface area (Å²) in [5.41, 5.74) is 2.25. The zero-order chi connectivity index (χ0) is 21.3. The van der Waals surface area contributed by atoms with Gasteiger partial charge in [0.25, 0.3) is 0 Å². The molecule has 1 aromatic heterocycles. The fourth-order valence-electron chi connectivity index (χ4n) is 4.66. The normalized spacial score (nSPS) is 15.9. The Morgan fingerprint density at radius 3 is 2.71 bits per heavy atom. The van der Waals surface area contributed by atoms with Gasteiger partial charge in [-0.3, -0.25) is 4.79 Å². The highest BCUT2D eigenvalue weighted by atomic mass is 19.1. The zero-order valence-electron chi connectivity index (χ0n) is 17.2. The van der Waals surface area contributed by atoms with Gasteiger partial charge in [0.1, 0.15) is 11.4 Å². The van der Waals surface area contributed by atoms with Crippen LogP contribution in [0.25, 0.3) is 21.7 Å². The lowest BCUT2D eigenvalue weighted by atomic mass is 9.74. The van der Waals surface area contributed by atoms with Gasteiger partial charge in [-0.05, 0) is 47.4 Å². The molecule has 31 heavy (non-hydrogen) atoms. The molecule has 158 valence electrons. The summed E-state index contributed by atoms with van der Waals surface area (Å²) in [4.78, 5) is 12.9. The summed E-state index contributed by atoms with van der Waals surface area (Å²) in [5, 5.41) is 6.29. The summed E-state index contributed by atoms with van der Waals surface area (Å²) < 4.78 is 25.1. The van der Waals surface area contributed by atoms with Gasteiger partial charge in [-0.25, -0.2) is 4.39 Å². The first-order chi connectivity index (χ1) is 15.1. The number of amides is 1. The Bertz CT molecular complexity index is 1240. The van der Waals surface area contributed by atoms with Gasteiger partial charge in [0, 0.05) is 36.1 Å². The first kappa shape index (κ1) is 19.8. The van der Waals surface area contributed by atoms with Crippen molar-refractivity contribution < 1.29 is 18.3 Å². The molecule has 3 aromatic carbocycles. The topological polar surface area (TPSA) is 51.5 Å². The monoisotopic (exact) mass is 417 g/mol. The Balaban J connectivity index is 1.37. The summed E-state index contributed by atoms with van der Waals surface area (Å²) in [6.45, 7) is 1.66. The van der Waals surface area contributed by atoms with Crippen LogP contribution < -0.4 is 5.32 Å². The van der Waals surface area contributed by atoms with Crippen LogP contribution in [0.4, 0.5) is 4.39 Å². The average molecular weight is 417 g/mol. The lowest BCUT2D eigenvalue weighted by Crippen LogP contribution is -2.45. The molecule has 0 unspecified atom stereocenters. The third-order valence-corrected chi connectivity index (χ3v) is 6.40. The Kier molecular flexibility index (Phi) is 5.20. The average Bonchev–Trinajstić information content (AvgIpc) is 3.21. The van der Waals surface area contributed by atoms with Crippen molar-refractivity contribution in [2.45, 2.75) is 24.7 Å². The van der Waals surface area contributed by atoms with E-state index >= 15 is 0 Å². The van der Waals surface area contributed by atoms with Gasteiger partial charge in [0.15, 0.2) is 0 Å². The predicted octanol–water partition coefficient (Wildman–Crippen LogP) is 5.13. The van der Waals surface area contributed by atoms with Crippen molar-refractivity contribution in [1.29, 1.82) is 0 Å². The van der Waals surface area contributed by atoms with Gasteiger partial charge in [-0.1, -0.05) is 42.5 Å². The molecule has 1 aliphatic rings. The van der Waals surface area contributed by atoms with E-state index in [2.05, 4.69) is 17.4 Å². The fraction of sp³-hybridized carbons (Fsp3) is 0.269. The van der Waals surface area contributed by atoms with E-state index in [4.69, 9.17) is 9.15 Å². The number of carbonyl (C=O) groups is 1. The number of fused-ring (bicyclic) bond motifs is 3.